The molecule has 0 saturated heterocycles. The molecule has 0 heterocycles. The molecule has 0 bridgehead atoms. The fourth-order valence-corrected chi connectivity index (χ4v) is 5.29. The van der Waals surface area contributed by atoms with Gasteiger partial charge in [0.15, 0.2) is 4.93 Å². The monoisotopic (exact) mass is 588 g/mol. The van der Waals surface area contributed by atoms with Gasteiger partial charge in [-0.1, -0.05) is 66.7 Å². The molecular weight excluding hydrogens is 528 g/mol. The van der Waals surface area contributed by atoms with Crippen LogP contribution >= 0.6 is 12.6 Å². The Kier molecular flexibility index (Phi) is 17.5. The second-order valence-corrected chi connectivity index (χ2v) is 14.3. The Bertz CT molecular complexity index is 765. The molecule has 0 aliphatic carbocycles. The third-order valence-electron chi connectivity index (χ3n) is 7.06. The van der Waals surface area contributed by atoms with Gasteiger partial charge >= 0.3 is 18.0 Å². The van der Waals surface area contributed by atoms with Crippen molar-refractivity contribution in [2.24, 2.45) is 11.3 Å². The van der Waals surface area contributed by atoms with Crippen molar-refractivity contribution in [1.82, 2.24) is 10.6 Å². The summed E-state index contributed by atoms with van der Waals surface area (Å²) in [5, 5.41) is 5.71. The maximum atomic E-state index is 12.6. The summed E-state index contributed by atoms with van der Waals surface area (Å²) in [6, 6.07) is 0. The number of likely N-dealkylation sites (N-methyl/N-ethyl adjacent to an activating group) is 1. The first-order valence-electron chi connectivity index (χ1n) is 15.2. The highest BCUT2D eigenvalue weighted by Gasteiger charge is 2.37. The first-order chi connectivity index (χ1) is 18.4. The lowest BCUT2D eigenvalue weighted by molar-refractivity contribution is -0.152. The molecule has 0 aromatic carbocycles. The van der Waals surface area contributed by atoms with Gasteiger partial charge in [0, 0.05) is 6.42 Å². The molecule has 3 atom stereocenters. The highest BCUT2D eigenvalue weighted by atomic mass is 32.1. The van der Waals surface area contributed by atoms with E-state index < -0.39 is 22.2 Å². The van der Waals surface area contributed by atoms with E-state index in [9.17, 15) is 14.4 Å². The van der Waals surface area contributed by atoms with Crippen LogP contribution in [0.2, 0.25) is 0 Å². The highest BCUT2D eigenvalue weighted by Crippen LogP contribution is 2.31. The number of hydrogen-bond acceptors (Lipinski definition) is 8. The van der Waals surface area contributed by atoms with Crippen molar-refractivity contribution in [2.45, 2.75) is 149 Å². The third-order valence-corrected chi connectivity index (χ3v) is 7.34. The molecule has 0 saturated carbocycles. The fourth-order valence-electron chi connectivity index (χ4n) is 4.93. The van der Waals surface area contributed by atoms with Crippen LogP contribution in [0.1, 0.15) is 133 Å². The SMILES string of the molecule is CCCCC(CC)CC(C)(S)OC(=O)CCCCCC(C)(C)OC(=O)NCCOC(=O)C(C)(CC(C)(C)C)NC. The lowest BCUT2D eigenvalue weighted by Gasteiger charge is -2.33. The Morgan fingerprint density at radius 1 is 0.900 bits per heavy atom. The summed E-state index contributed by atoms with van der Waals surface area (Å²) in [5.74, 6) is -0.0513. The van der Waals surface area contributed by atoms with Crippen LogP contribution in [0.25, 0.3) is 0 Å². The van der Waals surface area contributed by atoms with Gasteiger partial charge in [-0.3, -0.25) is 9.59 Å². The van der Waals surface area contributed by atoms with Crippen LogP contribution in [0.5, 0.6) is 0 Å². The molecule has 0 rings (SSSR count). The number of thiol groups is 1. The van der Waals surface area contributed by atoms with Crippen LogP contribution in [0.4, 0.5) is 4.79 Å². The summed E-state index contributed by atoms with van der Waals surface area (Å²) in [6.45, 7) is 18.2. The van der Waals surface area contributed by atoms with Gasteiger partial charge in [-0.25, -0.2) is 4.79 Å². The van der Waals surface area contributed by atoms with E-state index in [-0.39, 0.29) is 30.5 Å². The maximum absolute atomic E-state index is 12.6. The average molecular weight is 589 g/mol. The maximum Gasteiger partial charge on any atom is 0.407 e. The van der Waals surface area contributed by atoms with Gasteiger partial charge in [-0.05, 0) is 78.2 Å². The van der Waals surface area contributed by atoms with Crippen molar-refractivity contribution in [3.8, 4) is 0 Å². The second-order valence-electron chi connectivity index (χ2n) is 13.4. The van der Waals surface area contributed by atoms with Crippen molar-refractivity contribution in [1.29, 1.82) is 0 Å². The second kappa shape index (κ2) is 18.1. The molecular formula is C31H60N2O6S. The van der Waals surface area contributed by atoms with E-state index in [2.05, 4.69) is 57.9 Å². The van der Waals surface area contributed by atoms with Gasteiger partial charge in [0.1, 0.15) is 17.7 Å². The van der Waals surface area contributed by atoms with Gasteiger partial charge in [0.25, 0.3) is 0 Å². The molecule has 236 valence electrons. The highest BCUT2D eigenvalue weighted by molar-refractivity contribution is 7.81. The van der Waals surface area contributed by atoms with Crippen LogP contribution in [0, 0.1) is 11.3 Å². The molecule has 0 fully saturated rings. The lowest BCUT2D eigenvalue weighted by Crippen LogP contribution is -2.51. The van der Waals surface area contributed by atoms with Gasteiger partial charge in [-0.15, -0.1) is 12.6 Å². The van der Waals surface area contributed by atoms with Gasteiger partial charge in [-0.2, -0.15) is 0 Å². The fraction of sp³-hybridized carbons (Fsp3) is 0.903. The number of rotatable bonds is 20. The number of nitrogens with one attached hydrogen (secondary N) is 2. The number of ether oxygens (including phenoxy) is 3. The van der Waals surface area contributed by atoms with Gasteiger partial charge in [0.05, 0.1) is 6.54 Å². The molecule has 0 radical (unpaired) electrons. The molecule has 8 nitrogen and oxygen atoms in total. The molecule has 40 heavy (non-hydrogen) atoms. The predicted molar refractivity (Wildman–Crippen MR) is 166 cm³/mol. The first-order valence-corrected chi connectivity index (χ1v) is 15.6. The molecule has 3 unspecified atom stereocenters. The number of carbonyl (C=O) groups is 3. The van der Waals surface area contributed by atoms with Crippen LogP contribution in [-0.4, -0.2) is 54.3 Å². The molecule has 0 aliphatic heterocycles. The summed E-state index contributed by atoms with van der Waals surface area (Å²) in [5.41, 5.74) is -1.50. The molecule has 1 amide bonds. The average Bonchev–Trinajstić information content (AvgIpc) is 2.82. The Hall–Kier alpha value is -1.48. The zero-order valence-electron chi connectivity index (χ0n) is 27.2. The standard InChI is InChI=1S/C31H60N2O6S/c1-11-13-17-24(12-2)22-31(9,40)38-25(34)18-15-14-16-19-29(6,7)39-27(36)33-20-21-37-26(35)30(8,32-10)23-28(3,4)5/h24,32,40H,11-23H2,1-10H3,(H,33,36). The molecule has 0 aromatic rings. The molecule has 0 spiro atoms. The molecule has 9 heteroatoms. The van der Waals surface area contributed by atoms with E-state index in [1.54, 1.807) is 7.05 Å². The quantitative estimate of drug-likeness (QED) is 0.0454. The van der Waals surface area contributed by atoms with Crippen molar-refractivity contribution >= 4 is 30.7 Å². The van der Waals surface area contributed by atoms with Crippen molar-refractivity contribution in [2.75, 3.05) is 20.2 Å². The minimum atomic E-state index is -0.795. The van der Waals surface area contributed by atoms with Crippen molar-refractivity contribution in [3.63, 3.8) is 0 Å². The van der Waals surface area contributed by atoms with Gasteiger partial charge < -0.3 is 24.8 Å². The largest absolute Gasteiger partial charge is 0.462 e. The van der Waals surface area contributed by atoms with E-state index in [1.165, 1.54) is 6.42 Å². The Balaban J connectivity index is 4.27. The van der Waals surface area contributed by atoms with E-state index >= 15 is 0 Å². The van der Waals surface area contributed by atoms with Crippen molar-refractivity contribution in [3.05, 3.63) is 0 Å². The molecule has 0 aromatic heterocycles. The summed E-state index contributed by atoms with van der Waals surface area (Å²) in [7, 11) is 1.74. The number of alkyl carbamates (subject to hydrolysis) is 1. The number of esters is 2. The predicted octanol–water partition coefficient (Wildman–Crippen LogP) is 7.19. The van der Waals surface area contributed by atoms with E-state index in [4.69, 9.17) is 14.2 Å². The zero-order valence-corrected chi connectivity index (χ0v) is 28.1. The summed E-state index contributed by atoms with van der Waals surface area (Å²) >= 11 is 4.62. The van der Waals surface area contributed by atoms with E-state index in [1.807, 2.05) is 27.7 Å². The molecule has 0 aliphatic rings. The number of amides is 1. The minimum absolute atomic E-state index is 0.0481. The number of unbranched alkanes of at least 4 members (excludes halogenated alkanes) is 3. The van der Waals surface area contributed by atoms with Crippen molar-refractivity contribution < 1.29 is 28.6 Å². The Labute approximate surface area is 250 Å². The van der Waals surface area contributed by atoms with E-state index in [0.717, 1.165) is 38.5 Å². The summed E-state index contributed by atoms with van der Waals surface area (Å²) < 4.78 is 16.6. The normalized spacial score (nSPS) is 15.9. The smallest absolute Gasteiger partial charge is 0.407 e. The summed E-state index contributed by atoms with van der Waals surface area (Å²) in [4.78, 5) is 36.4. The molecule has 2 N–H and O–H groups in total. The van der Waals surface area contributed by atoms with Crippen LogP contribution in [0.15, 0.2) is 0 Å². The minimum Gasteiger partial charge on any atom is -0.462 e. The zero-order chi connectivity index (χ0) is 31.0. The van der Waals surface area contributed by atoms with Crippen LogP contribution < -0.4 is 10.6 Å². The van der Waals surface area contributed by atoms with E-state index in [0.29, 0.717) is 31.6 Å². The lowest BCUT2D eigenvalue weighted by atomic mass is 9.81. The number of carbonyl (C=O) groups excluding carboxylic acids is 3. The number of hydrogen-bond donors (Lipinski definition) is 3. The summed E-state index contributed by atoms with van der Waals surface area (Å²) in [6.07, 6.45) is 8.75. The topological polar surface area (TPSA) is 103 Å². The Morgan fingerprint density at radius 3 is 2.10 bits per heavy atom. The Morgan fingerprint density at radius 2 is 1.55 bits per heavy atom. The third kappa shape index (κ3) is 18.1. The van der Waals surface area contributed by atoms with Crippen LogP contribution in [0.3, 0.4) is 0 Å². The van der Waals surface area contributed by atoms with Gasteiger partial charge in [0.2, 0.25) is 0 Å². The first kappa shape index (κ1) is 38.5. The van der Waals surface area contributed by atoms with Crippen LogP contribution in [-0.2, 0) is 23.8 Å².